The quantitative estimate of drug-likeness (QED) is 0.121. The first-order valence-corrected chi connectivity index (χ1v) is 13.2. The van der Waals surface area contributed by atoms with Gasteiger partial charge in [0, 0.05) is 17.3 Å². The van der Waals surface area contributed by atoms with Crippen LogP contribution >= 0.6 is 46.5 Å². The van der Waals surface area contributed by atoms with Crippen molar-refractivity contribution in [2.75, 3.05) is 5.75 Å². The number of thioether (sulfide) groups is 1. The van der Waals surface area contributed by atoms with Gasteiger partial charge in [0.25, 0.3) is 11.2 Å². The Morgan fingerprint density at radius 3 is 2.59 bits per heavy atom. The molecule has 3 rings (SSSR count). The number of aromatic nitrogens is 3. The van der Waals surface area contributed by atoms with E-state index in [-0.39, 0.29) is 96.5 Å². The van der Waals surface area contributed by atoms with Crippen LogP contribution in [-0.2, 0) is 14.9 Å². The Labute approximate surface area is 269 Å². The summed E-state index contributed by atoms with van der Waals surface area (Å²) < 4.78 is 38.7. The van der Waals surface area contributed by atoms with Gasteiger partial charge in [-0.05, 0) is 24.6 Å². The van der Waals surface area contributed by atoms with Crippen molar-refractivity contribution in [3.05, 3.63) is 49.5 Å². The average molecular weight is 630 g/mol. The summed E-state index contributed by atoms with van der Waals surface area (Å²) in [5.41, 5.74) is -2.07. The van der Waals surface area contributed by atoms with Gasteiger partial charge in [-0.25, -0.2) is 13.3 Å². The third kappa shape index (κ3) is 7.36. The van der Waals surface area contributed by atoms with Crippen LogP contribution in [0.1, 0.15) is 12.0 Å². The molecule has 0 atom stereocenters. The van der Waals surface area contributed by atoms with Crippen LogP contribution in [0.3, 0.4) is 0 Å². The number of carboxylic acid groups (broad SMARTS) is 1. The van der Waals surface area contributed by atoms with Crippen molar-refractivity contribution in [2.45, 2.75) is 23.4 Å². The van der Waals surface area contributed by atoms with E-state index in [2.05, 4.69) is 24.4 Å². The van der Waals surface area contributed by atoms with Gasteiger partial charge >= 0.3 is 57.4 Å². The first-order chi connectivity index (χ1) is 16.8. The van der Waals surface area contributed by atoms with Crippen molar-refractivity contribution in [3.8, 4) is 11.6 Å². The molecule has 13 nitrogen and oxygen atoms in total. The van der Waals surface area contributed by atoms with E-state index in [9.17, 15) is 27.7 Å². The summed E-state index contributed by atoms with van der Waals surface area (Å²) in [6.45, 7) is 8.74. The maximum absolute atomic E-state index is 13.2. The summed E-state index contributed by atoms with van der Waals surface area (Å²) in [6.07, 6.45) is -0.0966. The number of aliphatic carboxylic acids is 1. The number of carbonyl (C=O) groups is 1. The summed E-state index contributed by atoms with van der Waals surface area (Å²) in [7, 11) is -4.99. The number of pyridine rings is 1. The Morgan fingerprint density at radius 1 is 1.32 bits per heavy atom. The minimum Gasteiger partial charge on any atom is -0.744 e. The van der Waals surface area contributed by atoms with Crippen LogP contribution < -0.4 is 56.9 Å². The van der Waals surface area contributed by atoms with Gasteiger partial charge in [-0.3, -0.25) is 14.2 Å². The monoisotopic (exact) mass is 628 g/mol. The van der Waals surface area contributed by atoms with E-state index in [0.717, 1.165) is 35.4 Å². The molecule has 19 heteroatoms. The summed E-state index contributed by atoms with van der Waals surface area (Å²) in [5.74, 6) is -1.57. The second-order valence-electron chi connectivity index (χ2n) is 6.64. The van der Waals surface area contributed by atoms with E-state index in [1.165, 1.54) is 6.92 Å². The molecule has 0 saturated heterocycles. The first kappa shape index (κ1) is 31.8. The van der Waals surface area contributed by atoms with E-state index in [4.69, 9.17) is 34.9 Å². The molecule has 3 aromatic rings. The number of carboxylic acids is 1. The molecule has 0 unspecified atom stereocenters. The molecule has 0 fully saturated rings. The molecule has 0 spiro atoms. The second kappa shape index (κ2) is 13.1. The van der Waals surface area contributed by atoms with Crippen molar-refractivity contribution >= 4 is 79.1 Å². The van der Waals surface area contributed by atoms with Gasteiger partial charge in [-0.15, -0.1) is 10.2 Å². The summed E-state index contributed by atoms with van der Waals surface area (Å²) in [6, 6.07) is 1.60. The fraction of sp³-hybridized carbons (Fsp3) is 0.167. The molecule has 2 aromatic heterocycles. The number of hydrogen-bond donors (Lipinski definition) is 2. The SMILES string of the molecule is [C-]#[N+]c1c(C)c(N=Nc2nc(SCCC(=O)O)ns2)c(=O)n(-c2cc(Cl)c(S(=O)(=O)[O-])cc2Cl)c1O.[K+]. The zero-order chi connectivity index (χ0) is 26.8. The molecular formula is C18H11Cl2KN6O7S3. The molecule has 0 aliphatic rings. The van der Waals surface area contributed by atoms with E-state index in [0.29, 0.717) is 4.57 Å². The number of aromatic hydroxyl groups is 1. The molecule has 2 N–H and O–H groups in total. The standard InChI is InChI=1S/C18H12Cl2N6O7S3.K/c1-7-13(21-2)15(29)26(10-5-9(20)11(6-8(10)19)36(31,32)33)16(30)14(7)23-24-17-22-18(25-35-17)34-4-3-12(27)28;/h5-6,29H,3-4H2,1H3,(H,27,28)(H,31,32,33);/q;+1/p-1. The Balaban J connectivity index is 0.00000481. The van der Waals surface area contributed by atoms with Crippen molar-refractivity contribution in [1.29, 1.82) is 0 Å². The fourth-order valence-electron chi connectivity index (χ4n) is 2.73. The van der Waals surface area contributed by atoms with Crippen molar-refractivity contribution < 1.29 is 79.4 Å². The maximum Gasteiger partial charge on any atom is 1.00 e. The third-order valence-corrected chi connectivity index (χ3v) is 7.51. The molecule has 1 aromatic carbocycles. The van der Waals surface area contributed by atoms with Gasteiger partial charge < -0.3 is 14.8 Å². The van der Waals surface area contributed by atoms with E-state index < -0.39 is 42.5 Å². The molecule has 0 aliphatic carbocycles. The summed E-state index contributed by atoms with van der Waals surface area (Å²) >= 11 is 13.9. The molecule has 188 valence electrons. The zero-order valence-corrected chi connectivity index (χ0v) is 25.8. The minimum absolute atomic E-state index is 0. The van der Waals surface area contributed by atoms with Gasteiger partial charge in [0.1, 0.15) is 15.8 Å². The van der Waals surface area contributed by atoms with Crippen LogP contribution in [0.5, 0.6) is 5.88 Å². The average Bonchev–Trinajstić information content (AvgIpc) is 3.22. The third-order valence-electron chi connectivity index (χ3n) is 4.34. The number of hydrogen-bond acceptors (Lipinski definition) is 12. The van der Waals surface area contributed by atoms with Crippen LogP contribution in [0.2, 0.25) is 10.0 Å². The molecule has 37 heavy (non-hydrogen) atoms. The Hall–Kier alpha value is -1.43. The predicted molar refractivity (Wildman–Crippen MR) is 130 cm³/mol. The van der Waals surface area contributed by atoms with Crippen LogP contribution in [-0.4, -0.2) is 48.8 Å². The first-order valence-electron chi connectivity index (χ1n) is 9.26. The number of halogens is 2. The van der Waals surface area contributed by atoms with Crippen molar-refractivity contribution in [1.82, 2.24) is 13.9 Å². The van der Waals surface area contributed by atoms with Crippen LogP contribution in [0, 0.1) is 13.5 Å². The number of rotatable bonds is 8. The van der Waals surface area contributed by atoms with Gasteiger partial charge in [0.05, 0.1) is 33.6 Å². The van der Waals surface area contributed by atoms with E-state index in [1.807, 2.05) is 0 Å². The van der Waals surface area contributed by atoms with Gasteiger partial charge in [0.15, 0.2) is 0 Å². The van der Waals surface area contributed by atoms with E-state index >= 15 is 0 Å². The smallest absolute Gasteiger partial charge is 0.744 e. The zero-order valence-electron chi connectivity index (χ0n) is 18.7. The van der Waals surface area contributed by atoms with Crippen molar-refractivity contribution in [2.24, 2.45) is 10.2 Å². The molecule has 2 heterocycles. The fourth-order valence-corrected chi connectivity index (χ4v) is 5.44. The van der Waals surface area contributed by atoms with Crippen LogP contribution in [0.25, 0.3) is 10.5 Å². The number of benzene rings is 1. The minimum atomic E-state index is -4.99. The topological polar surface area (TPSA) is 192 Å². The normalized spacial score (nSPS) is 11.3. The molecule has 0 bridgehead atoms. The summed E-state index contributed by atoms with van der Waals surface area (Å²) in [5, 5.41) is 26.3. The van der Waals surface area contributed by atoms with Crippen LogP contribution in [0.15, 0.2) is 37.2 Å². The molecular weight excluding hydrogens is 618 g/mol. The molecule has 0 amide bonds. The Kier molecular flexibility index (Phi) is 11.2. The molecule has 0 aliphatic heterocycles. The second-order valence-corrected chi connectivity index (χ2v) is 10.6. The number of nitrogens with zero attached hydrogens (tertiary/aromatic N) is 6. The molecule has 0 saturated carbocycles. The van der Waals surface area contributed by atoms with Gasteiger partial charge in [-0.2, -0.15) is 9.36 Å². The maximum atomic E-state index is 13.2. The van der Waals surface area contributed by atoms with E-state index in [1.54, 1.807) is 0 Å². The van der Waals surface area contributed by atoms with Crippen molar-refractivity contribution in [3.63, 3.8) is 0 Å². The predicted octanol–water partition coefficient (Wildman–Crippen LogP) is 1.45. The Bertz CT molecular complexity index is 1620. The largest absolute Gasteiger partial charge is 1.00 e. The van der Waals surface area contributed by atoms with Gasteiger partial charge in [0.2, 0.25) is 16.2 Å². The summed E-state index contributed by atoms with van der Waals surface area (Å²) in [4.78, 5) is 30.3. The van der Waals surface area contributed by atoms with Crippen LogP contribution in [0.4, 0.5) is 16.5 Å². The molecule has 0 radical (unpaired) electrons. The Morgan fingerprint density at radius 2 is 2.00 bits per heavy atom. The van der Waals surface area contributed by atoms with Gasteiger partial charge in [-0.1, -0.05) is 35.0 Å². The number of azo groups is 1.